The van der Waals surface area contributed by atoms with Crippen molar-refractivity contribution in [2.45, 2.75) is 40.2 Å². The zero-order valence-electron chi connectivity index (χ0n) is 15.3. The molecule has 1 saturated heterocycles. The van der Waals surface area contributed by atoms with Crippen LogP contribution >= 0.6 is 0 Å². The number of hydrogen-bond donors (Lipinski definition) is 1. The van der Waals surface area contributed by atoms with Crippen molar-refractivity contribution < 1.29 is 14.6 Å². The molecule has 1 aliphatic rings. The lowest BCUT2D eigenvalue weighted by atomic mass is 10.1. The zero-order valence-corrected chi connectivity index (χ0v) is 15.3. The fraction of sp³-hybridized carbons (Fsp3) is 0.632. The van der Waals surface area contributed by atoms with E-state index in [1.807, 2.05) is 11.8 Å². The Labute approximate surface area is 145 Å². The first kappa shape index (κ1) is 18.7. The lowest BCUT2D eigenvalue weighted by Crippen LogP contribution is -2.38. The Morgan fingerprint density at radius 2 is 1.88 bits per heavy atom. The van der Waals surface area contributed by atoms with Crippen molar-refractivity contribution in [3.8, 4) is 5.75 Å². The molecule has 1 N–H and O–H groups in total. The summed E-state index contributed by atoms with van der Waals surface area (Å²) in [5.41, 5.74) is 3.42. The first-order valence-corrected chi connectivity index (χ1v) is 8.74. The van der Waals surface area contributed by atoms with Crippen LogP contribution in [0.25, 0.3) is 0 Å². The molecule has 1 fully saturated rings. The highest BCUT2D eigenvalue weighted by Crippen LogP contribution is 2.25. The van der Waals surface area contributed by atoms with Crippen LogP contribution in [0.2, 0.25) is 0 Å². The van der Waals surface area contributed by atoms with Crippen molar-refractivity contribution in [2.75, 3.05) is 39.3 Å². The molecule has 0 radical (unpaired) electrons. The summed E-state index contributed by atoms with van der Waals surface area (Å²) < 4.78 is 5.90. The second kappa shape index (κ2) is 8.49. The van der Waals surface area contributed by atoms with Crippen molar-refractivity contribution in [1.82, 2.24) is 9.80 Å². The summed E-state index contributed by atoms with van der Waals surface area (Å²) in [6.07, 6.45) is 0.414. The van der Waals surface area contributed by atoms with E-state index < -0.39 is 6.10 Å². The SMILES string of the molecule is CC(=O)N1CCCN(CC(O)COc2c(C)ccc(C)c2C)CC1. The van der Waals surface area contributed by atoms with E-state index in [1.165, 1.54) is 5.56 Å². The van der Waals surface area contributed by atoms with Gasteiger partial charge in [-0.25, -0.2) is 0 Å². The molecule has 0 bridgehead atoms. The van der Waals surface area contributed by atoms with Gasteiger partial charge in [-0.15, -0.1) is 0 Å². The van der Waals surface area contributed by atoms with Gasteiger partial charge < -0.3 is 14.7 Å². The van der Waals surface area contributed by atoms with Crippen LogP contribution < -0.4 is 4.74 Å². The van der Waals surface area contributed by atoms with Crippen LogP contribution in [0.15, 0.2) is 12.1 Å². The van der Waals surface area contributed by atoms with E-state index in [9.17, 15) is 9.90 Å². The highest BCUT2D eigenvalue weighted by atomic mass is 16.5. The fourth-order valence-corrected chi connectivity index (χ4v) is 3.15. The summed E-state index contributed by atoms with van der Waals surface area (Å²) in [5, 5.41) is 10.3. The summed E-state index contributed by atoms with van der Waals surface area (Å²) >= 11 is 0. The number of aliphatic hydroxyl groups is 1. The van der Waals surface area contributed by atoms with Gasteiger partial charge in [0.25, 0.3) is 0 Å². The molecule has 0 spiro atoms. The molecule has 1 aromatic carbocycles. The van der Waals surface area contributed by atoms with Crippen molar-refractivity contribution in [3.05, 3.63) is 28.8 Å². The fourth-order valence-electron chi connectivity index (χ4n) is 3.15. The summed E-state index contributed by atoms with van der Waals surface area (Å²) in [7, 11) is 0. The molecule has 1 amide bonds. The Hall–Kier alpha value is -1.59. The third-order valence-corrected chi connectivity index (χ3v) is 4.80. The predicted molar refractivity (Wildman–Crippen MR) is 95.5 cm³/mol. The molecule has 1 aliphatic heterocycles. The quantitative estimate of drug-likeness (QED) is 0.894. The maximum atomic E-state index is 11.5. The first-order valence-electron chi connectivity index (χ1n) is 8.74. The normalized spacial score (nSPS) is 17.5. The monoisotopic (exact) mass is 334 g/mol. The van der Waals surface area contributed by atoms with Crippen LogP contribution in [0.1, 0.15) is 30.0 Å². The second-order valence-electron chi connectivity index (χ2n) is 6.78. The van der Waals surface area contributed by atoms with Gasteiger partial charge in [0.2, 0.25) is 5.91 Å². The molecule has 1 aromatic rings. The van der Waals surface area contributed by atoms with E-state index in [1.54, 1.807) is 6.92 Å². The van der Waals surface area contributed by atoms with Gasteiger partial charge in [-0.1, -0.05) is 12.1 Å². The largest absolute Gasteiger partial charge is 0.490 e. The first-order chi connectivity index (χ1) is 11.4. The Morgan fingerprint density at radius 1 is 1.17 bits per heavy atom. The number of hydrogen-bond acceptors (Lipinski definition) is 4. The summed E-state index contributed by atoms with van der Waals surface area (Å²) in [4.78, 5) is 15.6. The van der Waals surface area contributed by atoms with Crippen LogP contribution in [0, 0.1) is 20.8 Å². The molecule has 0 aliphatic carbocycles. The maximum absolute atomic E-state index is 11.5. The summed E-state index contributed by atoms with van der Waals surface area (Å²) in [6.45, 7) is 11.9. The van der Waals surface area contributed by atoms with Crippen molar-refractivity contribution in [2.24, 2.45) is 0 Å². The number of nitrogens with zero attached hydrogens (tertiary/aromatic N) is 2. The third kappa shape index (κ3) is 4.95. The minimum absolute atomic E-state index is 0.131. The number of benzene rings is 1. The Bertz CT molecular complexity index is 574. The minimum atomic E-state index is -0.534. The van der Waals surface area contributed by atoms with Crippen LogP contribution in [0.5, 0.6) is 5.75 Å². The highest BCUT2D eigenvalue weighted by Gasteiger charge is 2.19. The molecule has 5 nitrogen and oxygen atoms in total. The number of aliphatic hydroxyl groups excluding tert-OH is 1. The van der Waals surface area contributed by atoms with Crippen molar-refractivity contribution in [1.29, 1.82) is 0 Å². The number of β-amino-alcohol motifs (C(OH)–C–C–N with tert-alkyl or cyclic N) is 1. The van der Waals surface area contributed by atoms with E-state index in [-0.39, 0.29) is 12.5 Å². The smallest absolute Gasteiger partial charge is 0.219 e. The van der Waals surface area contributed by atoms with Gasteiger partial charge in [0, 0.05) is 33.1 Å². The van der Waals surface area contributed by atoms with E-state index >= 15 is 0 Å². The molecule has 0 saturated carbocycles. The minimum Gasteiger partial charge on any atom is -0.490 e. The molecule has 134 valence electrons. The van der Waals surface area contributed by atoms with Crippen molar-refractivity contribution in [3.63, 3.8) is 0 Å². The van der Waals surface area contributed by atoms with Crippen molar-refractivity contribution >= 4 is 5.91 Å². The molecular formula is C19H30N2O3. The van der Waals surface area contributed by atoms with Crippen LogP contribution in [0.3, 0.4) is 0 Å². The number of aryl methyl sites for hydroxylation is 2. The Morgan fingerprint density at radius 3 is 2.58 bits per heavy atom. The van der Waals surface area contributed by atoms with Crippen LogP contribution in [-0.4, -0.2) is 66.2 Å². The third-order valence-electron chi connectivity index (χ3n) is 4.80. The lowest BCUT2D eigenvalue weighted by Gasteiger charge is -2.24. The predicted octanol–water partition coefficient (Wildman–Crippen LogP) is 1.91. The molecule has 1 heterocycles. The number of ether oxygens (including phenoxy) is 1. The number of rotatable bonds is 5. The van der Waals surface area contributed by atoms with E-state index in [2.05, 4.69) is 30.9 Å². The van der Waals surface area contributed by atoms with E-state index in [0.29, 0.717) is 6.54 Å². The zero-order chi connectivity index (χ0) is 17.7. The highest BCUT2D eigenvalue weighted by molar-refractivity contribution is 5.73. The van der Waals surface area contributed by atoms with E-state index in [0.717, 1.165) is 49.5 Å². The number of carbonyl (C=O) groups is 1. The molecule has 24 heavy (non-hydrogen) atoms. The topological polar surface area (TPSA) is 53.0 Å². The van der Waals surface area contributed by atoms with E-state index in [4.69, 9.17) is 4.74 Å². The standard InChI is InChI=1S/C19H30N2O3/c1-14-6-7-15(2)19(16(14)3)24-13-18(23)12-20-8-5-9-21(11-10-20)17(4)22/h6-7,18,23H,5,8-13H2,1-4H3. The molecular weight excluding hydrogens is 304 g/mol. The Kier molecular flexibility index (Phi) is 6.63. The van der Waals surface area contributed by atoms with Gasteiger partial charge in [0.15, 0.2) is 0 Å². The molecule has 1 unspecified atom stereocenters. The van der Waals surface area contributed by atoms with Gasteiger partial charge in [-0.05, 0) is 50.4 Å². The van der Waals surface area contributed by atoms with Crippen LogP contribution in [-0.2, 0) is 4.79 Å². The van der Waals surface area contributed by atoms with Gasteiger partial charge in [0.1, 0.15) is 18.5 Å². The molecule has 5 heteroatoms. The molecule has 0 aromatic heterocycles. The lowest BCUT2D eigenvalue weighted by molar-refractivity contribution is -0.128. The molecule has 1 atom stereocenters. The average Bonchev–Trinajstić information content (AvgIpc) is 2.77. The maximum Gasteiger partial charge on any atom is 0.219 e. The van der Waals surface area contributed by atoms with Gasteiger partial charge in [-0.2, -0.15) is 0 Å². The van der Waals surface area contributed by atoms with Gasteiger partial charge in [-0.3, -0.25) is 9.69 Å². The van der Waals surface area contributed by atoms with Crippen LogP contribution in [0.4, 0.5) is 0 Å². The Balaban J connectivity index is 1.84. The summed E-state index contributed by atoms with van der Waals surface area (Å²) in [6, 6.07) is 4.14. The number of carbonyl (C=O) groups excluding carboxylic acids is 1. The summed E-state index contributed by atoms with van der Waals surface area (Å²) in [5.74, 6) is 1.01. The second-order valence-corrected chi connectivity index (χ2v) is 6.78. The van der Waals surface area contributed by atoms with Gasteiger partial charge >= 0.3 is 0 Å². The number of amides is 1. The van der Waals surface area contributed by atoms with Gasteiger partial charge in [0.05, 0.1) is 0 Å². The molecule has 2 rings (SSSR count). The average molecular weight is 334 g/mol.